The normalized spacial score (nSPS) is 24.1. The molecule has 0 spiro atoms. The van der Waals surface area contributed by atoms with E-state index in [2.05, 4.69) is 15.1 Å². The zero-order valence-corrected chi connectivity index (χ0v) is 29.3. The zero-order chi connectivity index (χ0) is 36.8. The fourth-order valence-corrected chi connectivity index (χ4v) is 8.57. The van der Waals surface area contributed by atoms with E-state index in [9.17, 15) is 32.5 Å². The molecule has 3 saturated heterocycles. The number of aromatic nitrogens is 1. The Morgan fingerprint density at radius 3 is 2.55 bits per heavy atom. The van der Waals surface area contributed by atoms with Crippen LogP contribution in [0.25, 0.3) is 14.9 Å². The van der Waals surface area contributed by atoms with Gasteiger partial charge in [0.15, 0.2) is 0 Å². The van der Waals surface area contributed by atoms with Crippen LogP contribution in [0, 0.1) is 6.57 Å². The molecule has 0 aliphatic carbocycles. The fourth-order valence-electron chi connectivity index (χ4n) is 7.15. The van der Waals surface area contributed by atoms with Gasteiger partial charge in [-0.2, -0.15) is 8.78 Å². The van der Waals surface area contributed by atoms with Crippen molar-refractivity contribution in [2.75, 3.05) is 33.3 Å². The van der Waals surface area contributed by atoms with Gasteiger partial charge < -0.3 is 39.4 Å². The molecular weight excluding hydrogens is 709 g/mol. The first-order valence-electron chi connectivity index (χ1n) is 16.1. The maximum absolute atomic E-state index is 14.4. The van der Waals surface area contributed by atoms with Crippen LogP contribution in [0.4, 0.5) is 8.78 Å². The third-order valence-electron chi connectivity index (χ3n) is 9.84. The highest BCUT2D eigenvalue weighted by Gasteiger charge is 2.51. The molecule has 1 unspecified atom stereocenters. The number of hydrogen-bond donors (Lipinski definition) is 3. The molecule has 5 heterocycles. The average molecular weight is 745 g/mol. The number of benzene rings is 1. The van der Waals surface area contributed by atoms with Crippen molar-refractivity contribution in [2.45, 2.75) is 61.9 Å². The Morgan fingerprint density at radius 1 is 1.10 bits per heavy atom. The summed E-state index contributed by atoms with van der Waals surface area (Å²) in [6.07, 6.45) is 2.87. The quantitative estimate of drug-likeness (QED) is 0.243. The Labute approximate surface area is 295 Å². The van der Waals surface area contributed by atoms with Gasteiger partial charge in [0.05, 0.1) is 24.4 Å². The standard InChI is InChI=1S/C33H35F2N6O8PS/c1-18(42)39-11-9-22-5-6-26(32(45)40-15-23(24(16-40)36-2)19-8-10-37-29(14-19)49-3)41(22)31(44)25(17-39)38-30(43)28-13-20-12-21(4-7-27(20)51-28)33(34,35)50(46,47)48/h4,7-8,10,12-14,22-26H,5-6,9,11,15-17H2,1,3H3,(H,38,43)(H2,46,47,48)/t22-,23?,24+,25+,26+/m1/s1. The summed E-state index contributed by atoms with van der Waals surface area (Å²) in [5.41, 5.74) is -4.54. The van der Waals surface area contributed by atoms with Gasteiger partial charge in [-0.25, -0.2) is 11.6 Å². The summed E-state index contributed by atoms with van der Waals surface area (Å²) < 4.78 is 45.8. The van der Waals surface area contributed by atoms with Gasteiger partial charge in [0, 0.05) is 55.1 Å². The number of nitrogens with one attached hydrogen (secondary N) is 1. The Bertz CT molecular complexity index is 1980. The van der Waals surface area contributed by atoms with Crippen LogP contribution in [0.15, 0.2) is 42.6 Å². The number of ether oxygens (including phenoxy) is 1. The van der Waals surface area contributed by atoms with Crippen molar-refractivity contribution in [3.63, 3.8) is 0 Å². The highest BCUT2D eigenvalue weighted by Crippen LogP contribution is 2.59. The number of nitrogens with zero attached hydrogens (tertiary/aromatic N) is 5. The minimum Gasteiger partial charge on any atom is -0.481 e. The first-order valence-corrected chi connectivity index (χ1v) is 18.6. The number of amides is 4. The lowest BCUT2D eigenvalue weighted by atomic mass is 9.96. The second-order valence-electron chi connectivity index (χ2n) is 12.9. The lowest BCUT2D eigenvalue weighted by Gasteiger charge is -2.39. The third kappa shape index (κ3) is 6.93. The molecule has 14 nitrogen and oxygen atoms in total. The zero-order valence-electron chi connectivity index (χ0n) is 27.6. The molecule has 3 fully saturated rings. The number of thiophene rings is 1. The van der Waals surface area contributed by atoms with Crippen LogP contribution < -0.4 is 10.1 Å². The van der Waals surface area contributed by atoms with Crippen molar-refractivity contribution in [2.24, 2.45) is 0 Å². The fraction of sp³-hybridized carbons (Fsp3) is 0.455. The van der Waals surface area contributed by atoms with Crippen LogP contribution in [0.1, 0.15) is 52.9 Å². The maximum atomic E-state index is 14.4. The van der Waals surface area contributed by atoms with Crippen molar-refractivity contribution < 1.29 is 47.0 Å². The van der Waals surface area contributed by atoms with Crippen LogP contribution in [0.3, 0.4) is 0 Å². The number of methoxy groups -OCH3 is 1. The lowest BCUT2D eigenvalue weighted by molar-refractivity contribution is -0.148. The third-order valence-corrected chi connectivity index (χ3v) is 11.9. The van der Waals surface area contributed by atoms with Gasteiger partial charge in [-0.1, -0.05) is 6.07 Å². The lowest BCUT2D eigenvalue weighted by Crippen LogP contribution is -2.61. The van der Waals surface area contributed by atoms with Crippen LogP contribution in [-0.2, 0) is 24.6 Å². The summed E-state index contributed by atoms with van der Waals surface area (Å²) in [6.45, 7) is 9.71. The molecule has 3 aliphatic rings. The molecule has 18 heteroatoms. The number of fused-ring (bicyclic) bond motifs is 2. The van der Waals surface area contributed by atoms with Gasteiger partial charge in [-0.3, -0.25) is 23.7 Å². The van der Waals surface area contributed by atoms with Crippen LogP contribution in [0.2, 0.25) is 0 Å². The van der Waals surface area contributed by atoms with Gasteiger partial charge in [-0.05, 0) is 54.5 Å². The molecule has 270 valence electrons. The number of alkyl halides is 2. The second-order valence-corrected chi connectivity index (χ2v) is 15.6. The van der Waals surface area contributed by atoms with Crippen molar-refractivity contribution in [3.05, 3.63) is 70.0 Å². The average Bonchev–Trinajstić information content (AvgIpc) is 3.84. The van der Waals surface area contributed by atoms with E-state index in [0.29, 0.717) is 29.8 Å². The predicted octanol–water partition coefficient (Wildman–Crippen LogP) is 3.16. The van der Waals surface area contributed by atoms with Crippen LogP contribution in [0.5, 0.6) is 5.88 Å². The van der Waals surface area contributed by atoms with Gasteiger partial charge in [0.1, 0.15) is 12.1 Å². The number of likely N-dealkylation sites (tertiary alicyclic amines) is 1. The monoisotopic (exact) mass is 744 g/mol. The Balaban J connectivity index is 1.24. The molecule has 51 heavy (non-hydrogen) atoms. The molecule has 0 bridgehead atoms. The summed E-state index contributed by atoms with van der Waals surface area (Å²) in [5.74, 6) is -1.78. The first kappa shape index (κ1) is 36.3. The summed E-state index contributed by atoms with van der Waals surface area (Å²) in [6, 6.07) is 4.83. The van der Waals surface area contributed by atoms with Crippen molar-refractivity contribution in [1.82, 2.24) is 25.0 Å². The number of halogens is 2. The highest BCUT2D eigenvalue weighted by molar-refractivity contribution is 7.52. The van der Waals surface area contributed by atoms with Gasteiger partial charge in [0.25, 0.3) is 5.91 Å². The summed E-state index contributed by atoms with van der Waals surface area (Å²) in [7, 11) is -4.33. The Morgan fingerprint density at radius 2 is 1.86 bits per heavy atom. The second kappa shape index (κ2) is 13.9. The van der Waals surface area contributed by atoms with Crippen molar-refractivity contribution in [3.8, 4) is 5.88 Å². The van der Waals surface area contributed by atoms with E-state index >= 15 is 0 Å². The molecule has 5 atom stereocenters. The molecule has 2 aromatic heterocycles. The number of pyridine rings is 1. The van der Waals surface area contributed by atoms with Crippen molar-refractivity contribution >= 4 is 52.6 Å². The first-order chi connectivity index (χ1) is 24.1. The van der Waals surface area contributed by atoms with E-state index in [1.165, 1.54) is 36.0 Å². The van der Waals surface area contributed by atoms with Crippen LogP contribution in [-0.4, -0.2) is 111 Å². The largest absolute Gasteiger partial charge is 0.481 e. The van der Waals surface area contributed by atoms with E-state index < -0.39 is 48.8 Å². The van der Waals surface area contributed by atoms with E-state index in [1.807, 2.05) is 0 Å². The number of carbonyl (C=O) groups is 4. The number of rotatable bonds is 7. The van der Waals surface area contributed by atoms with Crippen LogP contribution >= 0.6 is 18.9 Å². The molecular formula is C33H35F2N6O8PS. The summed E-state index contributed by atoms with van der Waals surface area (Å²) in [4.78, 5) is 85.4. The van der Waals surface area contributed by atoms with Gasteiger partial charge >= 0.3 is 13.3 Å². The Kier molecular flexibility index (Phi) is 9.90. The molecule has 0 saturated carbocycles. The van der Waals surface area contributed by atoms with E-state index in [0.717, 1.165) is 29.0 Å². The minimum atomic E-state index is -5.82. The van der Waals surface area contributed by atoms with Gasteiger partial charge in [-0.15, -0.1) is 11.3 Å². The minimum absolute atomic E-state index is 0.0394. The molecule has 0 radical (unpaired) electrons. The van der Waals surface area contributed by atoms with E-state index in [1.54, 1.807) is 23.2 Å². The SMILES string of the molecule is [C-]#[N+][C@H]1CN(C(=O)[C@@H]2CC[C@@H]3CCN(C(C)=O)C[C@H](NC(=O)c4cc5cc(C(F)(F)P(=O)(O)O)ccc5s4)C(=O)N32)CC1c1ccnc(OC)c1. The highest BCUT2D eigenvalue weighted by atomic mass is 32.1. The summed E-state index contributed by atoms with van der Waals surface area (Å²) in [5, 5.41) is 2.84. The topological polar surface area (TPSA) is 174 Å². The predicted molar refractivity (Wildman–Crippen MR) is 180 cm³/mol. The number of carbonyl (C=O) groups excluding carboxylic acids is 4. The molecule has 3 aliphatic heterocycles. The Hall–Kier alpha value is -4.49. The molecule has 4 amide bonds. The smallest absolute Gasteiger partial charge is 0.399 e. The molecule has 3 N–H and O–H groups in total. The van der Waals surface area contributed by atoms with Gasteiger partial charge in [0.2, 0.25) is 29.6 Å². The molecule has 1 aromatic carbocycles. The maximum Gasteiger partial charge on any atom is 0.399 e. The molecule has 6 rings (SSSR count). The van der Waals surface area contributed by atoms with Crippen molar-refractivity contribution in [1.29, 1.82) is 0 Å². The summed E-state index contributed by atoms with van der Waals surface area (Å²) >= 11 is 0.930. The number of hydrogen-bond acceptors (Lipinski definition) is 8. The van der Waals surface area contributed by atoms with E-state index in [-0.39, 0.29) is 60.2 Å². The van der Waals surface area contributed by atoms with E-state index in [4.69, 9.17) is 21.1 Å². The molecule has 3 aromatic rings.